The third-order valence-corrected chi connectivity index (χ3v) is 5.52. The smallest absolute Gasteiger partial charge is 0.277 e. The maximum absolute atomic E-state index is 12.4. The lowest BCUT2D eigenvalue weighted by atomic mass is 10.1. The fraction of sp³-hybridized carbons (Fsp3) is 0.444. The van der Waals surface area contributed by atoms with Crippen LogP contribution < -0.4 is 10.2 Å². The Morgan fingerprint density at radius 3 is 2.79 bits per heavy atom. The first-order valence-corrected chi connectivity index (χ1v) is 9.57. The third-order valence-electron chi connectivity index (χ3n) is 4.58. The first kappa shape index (κ1) is 15.6. The fourth-order valence-corrected chi connectivity index (χ4v) is 3.85. The summed E-state index contributed by atoms with van der Waals surface area (Å²) < 4.78 is 5.26. The maximum Gasteiger partial charge on any atom is 0.277 e. The fourth-order valence-electron chi connectivity index (χ4n) is 2.95. The van der Waals surface area contributed by atoms with Crippen molar-refractivity contribution >= 4 is 29.0 Å². The molecule has 126 valence electrons. The Kier molecular flexibility index (Phi) is 4.22. The summed E-state index contributed by atoms with van der Waals surface area (Å²) in [6.45, 7) is 4.19. The molecule has 1 aromatic heterocycles. The average molecular weight is 343 g/mol. The van der Waals surface area contributed by atoms with Crippen molar-refractivity contribution in [1.29, 1.82) is 0 Å². The zero-order chi connectivity index (χ0) is 16.5. The molecule has 24 heavy (non-hydrogen) atoms. The lowest BCUT2D eigenvalue weighted by Crippen LogP contribution is -2.32. The van der Waals surface area contributed by atoms with Crippen LogP contribution in [0.5, 0.6) is 0 Å². The number of carbonyl (C=O) groups excluding carboxylic acids is 1. The molecule has 1 N–H and O–H groups in total. The molecule has 0 radical (unpaired) electrons. The number of anilines is 2. The highest BCUT2D eigenvalue weighted by Crippen LogP contribution is 2.40. The van der Waals surface area contributed by atoms with Gasteiger partial charge in [0.1, 0.15) is 5.76 Å². The lowest BCUT2D eigenvalue weighted by molar-refractivity contribution is 0.101. The molecule has 1 amide bonds. The summed E-state index contributed by atoms with van der Waals surface area (Å²) in [5.41, 5.74) is 3.47. The van der Waals surface area contributed by atoms with Crippen molar-refractivity contribution in [1.82, 2.24) is 5.16 Å². The van der Waals surface area contributed by atoms with Gasteiger partial charge in [-0.2, -0.15) is 11.8 Å². The molecule has 1 aliphatic carbocycles. The van der Waals surface area contributed by atoms with E-state index in [1.807, 2.05) is 24.8 Å². The van der Waals surface area contributed by atoms with Crippen molar-refractivity contribution < 1.29 is 9.32 Å². The van der Waals surface area contributed by atoms with Crippen LogP contribution in [0.15, 0.2) is 28.8 Å². The van der Waals surface area contributed by atoms with Crippen molar-refractivity contribution in [3.05, 3.63) is 41.3 Å². The molecule has 2 fully saturated rings. The lowest BCUT2D eigenvalue weighted by Gasteiger charge is -2.29. The number of amides is 1. The Balaban J connectivity index is 1.46. The first-order valence-electron chi connectivity index (χ1n) is 8.42. The Hall–Kier alpha value is -1.95. The molecule has 6 heteroatoms. The number of aryl methyl sites for hydroxylation is 1. The van der Waals surface area contributed by atoms with Gasteiger partial charge < -0.3 is 14.7 Å². The highest BCUT2D eigenvalue weighted by molar-refractivity contribution is 7.99. The van der Waals surface area contributed by atoms with Crippen molar-refractivity contribution in [3.8, 4) is 0 Å². The van der Waals surface area contributed by atoms with Gasteiger partial charge in [0.15, 0.2) is 5.69 Å². The Morgan fingerprint density at radius 2 is 2.08 bits per heavy atom. The monoisotopic (exact) mass is 343 g/mol. The number of carbonyl (C=O) groups is 1. The molecule has 0 atom stereocenters. The molecule has 4 rings (SSSR count). The van der Waals surface area contributed by atoms with Gasteiger partial charge in [-0.05, 0) is 43.5 Å². The largest absolute Gasteiger partial charge is 0.370 e. The summed E-state index contributed by atoms with van der Waals surface area (Å²) in [5, 5.41) is 6.84. The van der Waals surface area contributed by atoms with E-state index in [2.05, 4.69) is 27.5 Å². The van der Waals surface area contributed by atoms with Crippen LogP contribution in [0, 0.1) is 6.92 Å². The molecule has 2 heterocycles. The van der Waals surface area contributed by atoms with Gasteiger partial charge >= 0.3 is 0 Å². The van der Waals surface area contributed by atoms with E-state index in [4.69, 9.17) is 4.52 Å². The number of hydrogen-bond donors (Lipinski definition) is 1. The van der Waals surface area contributed by atoms with E-state index in [0.29, 0.717) is 11.6 Å². The summed E-state index contributed by atoms with van der Waals surface area (Å²) in [6, 6.07) is 7.97. The second-order valence-corrected chi connectivity index (χ2v) is 7.67. The number of aromatic nitrogens is 1. The highest BCUT2D eigenvalue weighted by Gasteiger charge is 2.29. The Labute approximate surface area is 145 Å². The molecular weight excluding hydrogens is 322 g/mol. The van der Waals surface area contributed by atoms with E-state index >= 15 is 0 Å². The number of rotatable bonds is 4. The van der Waals surface area contributed by atoms with Crippen molar-refractivity contribution in [2.75, 3.05) is 34.8 Å². The second-order valence-electron chi connectivity index (χ2n) is 6.44. The summed E-state index contributed by atoms with van der Waals surface area (Å²) in [5.74, 6) is 3.42. The van der Waals surface area contributed by atoms with Gasteiger partial charge in [-0.3, -0.25) is 4.79 Å². The molecule has 1 aromatic carbocycles. The van der Waals surface area contributed by atoms with Crippen LogP contribution in [0.25, 0.3) is 0 Å². The van der Waals surface area contributed by atoms with Crippen LogP contribution in [0.4, 0.5) is 11.4 Å². The molecule has 5 nitrogen and oxygen atoms in total. The number of hydrogen-bond acceptors (Lipinski definition) is 5. The Bertz CT molecular complexity index is 748. The predicted molar refractivity (Wildman–Crippen MR) is 97.1 cm³/mol. The second kappa shape index (κ2) is 6.51. The van der Waals surface area contributed by atoms with Crippen molar-refractivity contribution in [2.24, 2.45) is 0 Å². The normalized spacial score (nSPS) is 17.8. The summed E-state index contributed by atoms with van der Waals surface area (Å²) in [7, 11) is 0. The summed E-state index contributed by atoms with van der Waals surface area (Å²) in [4.78, 5) is 14.8. The van der Waals surface area contributed by atoms with Crippen molar-refractivity contribution in [2.45, 2.75) is 25.7 Å². The minimum atomic E-state index is -0.212. The topological polar surface area (TPSA) is 58.4 Å². The van der Waals surface area contributed by atoms with E-state index in [-0.39, 0.29) is 5.91 Å². The van der Waals surface area contributed by atoms with E-state index < -0.39 is 0 Å². The third kappa shape index (κ3) is 3.29. The molecular formula is C18H21N3O2S. The van der Waals surface area contributed by atoms with Crippen LogP contribution >= 0.6 is 11.8 Å². The van der Waals surface area contributed by atoms with E-state index in [1.165, 1.54) is 17.2 Å². The minimum absolute atomic E-state index is 0.212. The van der Waals surface area contributed by atoms with Crippen LogP contribution in [-0.4, -0.2) is 35.7 Å². The molecule has 2 aromatic rings. The van der Waals surface area contributed by atoms with Gasteiger partial charge in [0.2, 0.25) is 0 Å². The van der Waals surface area contributed by atoms with Crippen LogP contribution in [0.3, 0.4) is 0 Å². The van der Waals surface area contributed by atoms with Crippen LogP contribution in [-0.2, 0) is 0 Å². The van der Waals surface area contributed by atoms with Crippen molar-refractivity contribution in [3.63, 3.8) is 0 Å². The van der Waals surface area contributed by atoms with Gasteiger partial charge in [0, 0.05) is 48.0 Å². The van der Waals surface area contributed by atoms with E-state index in [0.717, 1.165) is 42.9 Å². The number of nitrogens with one attached hydrogen (secondary N) is 1. The predicted octanol–water partition coefficient (Wildman–Crippen LogP) is 3.67. The summed E-state index contributed by atoms with van der Waals surface area (Å²) in [6.07, 6.45) is 2.26. The van der Waals surface area contributed by atoms with Crippen LogP contribution in [0.2, 0.25) is 0 Å². The molecule has 1 saturated heterocycles. The average Bonchev–Trinajstić information content (AvgIpc) is 3.34. The van der Waals surface area contributed by atoms with Gasteiger partial charge in [0.25, 0.3) is 5.91 Å². The van der Waals surface area contributed by atoms with Crippen LogP contribution in [0.1, 0.15) is 40.6 Å². The number of thioether (sulfide) groups is 1. The molecule has 1 saturated carbocycles. The zero-order valence-electron chi connectivity index (χ0n) is 13.7. The molecule has 1 aliphatic heterocycles. The minimum Gasteiger partial charge on any atom is -0.370 e. The molecule has 0 unspecified atom stereocenters. The SMILES string of the molecule is Cc1cc(N2CCSCC2)ccc1NC(=O)c1cc(C2CC2)on1. The zero-order valence-corrected chi connectivity index (χ0v) is 14.6. The van der Waals surface area contributed by atoms with Gasteiger partial charge in [0.05, 0.1) is 0 Å². The number of benzene rings is 1. The van der Waals surface area contributed by atoms with E-state index in [1.54, 1.807) is 6.07 Å². The van der Waals surface area contributed by atoms with Gasteiger partial charge in [-0.1, -0.05) is 5.16 Å². The molecule has 2 aliphatic rings. The Morgan fingerprint density at radius 1 is 1.29 bits per heavy atom. The van der Waals surface area contributed by atoms with E-state index in [9.17, 15) is 4.79 Å². The summed E-state index contributed by atoms with van der Waals surface area (Å²) >= 11 is 2.00. The number of nitrogens with zero attached hydrogens (tertiary/aromatic N) is 2. The first-order chi connectivity index (χ1) is 11.7. The van der Waals surface area contributed by atoms with Gasteiger partial charge in [-0.15, -0.1) is 0 Å². The highest BCUT2D eigenvalue weighted by atomic mass is 32.2. The molecule has 0 bridgehead atoms. The maximum atomic E-state index is 12.4. The quantitative estimate of drug-likeness (QED) is 0.918. The standard InChI is InChI=1S/C18H21N3O2S/c1-12-10-14(21-6-8-24-9-7-21)4-5-15(12)19-18(22)16-11-17(23-20-16)13-2-3-13/h4-5,10-11,13H,2-3,6-9H2,1H3,(H,19,22). The van der Waals surface area contributed by atoms with Gasteiger partial charge in [-0.25, -0.2) is 0 Å². The molecule has 0 spiro atoms.